The molecule has 0 bridgehead atoms. The predicted octanol–water partition coefficient (Wildman–Crippen LogP) is 4.67. The fraction of sp³-hybridized carbons (Fsp3) is 0.250. The minimum atomic E-state index is -0.386. The molecule has 1 saturated heterocycles. The largest absolute Gasteiger partial charge is 0.486 e. The van der Waals surface area contributed by atoms with E-state index in [1.165, 1.54) is 0 Å². The van der Waals surface area contributed by atoms with Gasteiger partial charge in [-0.15, -0.1) is 0 Å². The molecule has 1 aliphatic rings. The number of carbonyl (C=O) groups is 1. The molecule has 3 N–H and O–H groups in total. The Bertz CT molecular complexity index is 1350. The van der Waals surface area contributed by atoms with Gasteiger partial charge in [-0.2, -0.15) is 5.10 Å². The van der Waals surface area contributed by atoms with Gasteiger partial charge in [0.05, 0.1) is 15.6 Å². The van der Waals surface area contributed by atoms with Crippen LogP contribution in [0.4, 0.5) is 10.6 Å². The number of piperazine rings is 1. The number of nitrogens with one attached hydrogen (secondary N) is 1. The Morgan fingerprint density at radius 2 is 1.83 bits per heavy atom. The number of primary amides is 1. The first-order chi connectivity index (χ1) is 16.9. The molecule has 1 aromatic carbocycles. The smallest absolute Gasteiger partial charge is 0.314 e. The highest BCUT2D eigenvalue weighted by Gasteiger charge is 2.21. The third kappa shape index (κ3) is 4.69. The molecular formula is C24H23Cl2N7O2. The Labute approximate surface area is 211 Å². The molecule has 2 amide bonds. The first-order valence-corrected chi connectivity index (χ1v) is 11.9. The molecule has 5 rings (SSSR count). The maximum atomic E-state index is 11.3. The second-order valence-corrected chi connectivity index (χ2v) is 9.09. The molecule has 1 fully saturated rings. The summed E-state index contributed by atoms with van der Waals surface area (Å²) in [6.07, 6.45) is 4.53. The van der Waals surface area contributed by atoms with Crippen LogP contribution in [0.5, 0.6) is 5.75 Å². The summed E-state index contributed by atoms with van der Waals surface area (Å²) >= 11 is 12.6. The van der Waals surface area contributed by atoms with Crippen molar-refractivity contribution in [3.05, 3.63) is 64.5 Å². The van der Waals surface area contributed by atoms with Crippen LogP contribution in [0.2, 0.25) is 10.0 Å². The molecule has 11 heteroatoms. The van der Waals surface area contributed by atoms with Gasteiger partial charge < -0.3 is 20.3 Å². The van der Waals surface area contributed by atoms with Crippen molar-refractivity contribution in [3.8, 4) is 17.0 Å². The number of halogens is 2. The predicted molar refractivity (Wildman–Crippen MR) is 136 cm³/mol. The van der Waals surface area contributed by atoms with Crippen LogP contribution in [0.3, 0.4) is 0 Å². The number of hydrogen-bond donors (Lipinski definition) is 2. The molecule has 0 aliphatic carbocycles. The van der Waals surface area contributed by atoms with Crippen LogP contribution < -0.4 is 15.4 Å². The Morgan fingerprint density at radius 3 is 2.49 bits per heavy atom. The normalized spacial score (nSPS) is 14.8. The van der Waals surface area contributed by atoms with Gasteiger partial charge in [0.1, 0.15) is 23.4 Å². The van der Waals surface area contributed by atoms with Gasteiger partial charge in [0.15, 0.2) is 0 Å². The second kappa shape index (κ2) is 9.59. The topological polar surface area (TPSA) is 113 Å². The SMILES string of the molecule is C[C@@H](Oc1ccc2[nH]nc(-c3ccc(N4CCN(C(N)=O)CC4)nc3)c2c1)c1c(Cl)cncc1Cl. The highest BCUT2D eigenvalue weighted by Crippen LogP contribution is 2.35. The maximum Gasteiger partial charge on any atom is 0.314 e. The lowest BCUT2D eigenvalue weighted by molar-refractivity contribution is 0.204. The number of H-pyrrole nitrogens is 1. The van der Waals surface area contributed by atoms with Crippen molar-refractivity contribution in [1.82, 2.24) is 25.1 Å². The molecule has 3 aromatic heterocycles. The standard InChI is InChI=1S/C24H23Cl2N7O2/c1-14(22-18(25)12-28-13-19(22)26)35-16-3-4-20-17(10-16)23(31-30-20)15-2-5-21(29-11-15)32-6-8-33(9-7-32)24(27)34/h2-5,10-14H,6-9H2,1H3,(H2,27,34)(H,30,31)/t14-/m1/s1. The molecule has 0 unspecified atom stereocenters. The fourth-order valence-electron chi connectivity index (χ4n) is 4.23. The number of aromatic nitrogens is 4. The van der Waals surface area contributed by atoms with Crippen molar-refractivity contribution < 1.29 is 9.53 Å². The first-order valence-electron chi connectivity index (χ1n) is 11.1. The maximum absolute atomic E-state index is 11.3. The lowest BCUT2D eigenvalue weighted by atomic mass is 10.1. The molecule has 1 aliphatic heterocycles. The highest BCUT2D eigenvalue weighted by atomic mass is 35.5. The molecule has 35 heavy (non-hydrogen) atoms. The van der Waals surface area contributed by atoms with Gasteiger partial charge in [0, 0.05) is 61.3 Å². The molecule has 180 valence electrons. The van der Waals surface area contributed by atoms with Gasteiger partial charge in [-0.3, -0.25) is 10.1 Å². The number of fused-ring (bicyclic) bond motifs is 1. The molecule has 4 heterocycles. The molecular weight excluding hydrogens is 489 g/mol. The summed E-state index contributed by atoms with van der Waals surface area (Å²) in [6, 6.07) is 9.30. The van der Waals surface area contributed by atoms with Crippen molar-refractivity contribution in [3.63, 3.8) is 0 Å². The molecule has 0 saturated carbocycles. The zero-order valence-electron chi connectivity index (χ0n) is 18.9. The summed E-state index contributed by atoms with van der Waals surface area (Å²) in [6.45, 7) is 4.43. The number of benzene rings is 1. The first kappa shape index (κ1) is 23.2. The second-order valence-electron chi connectivity index (χ2n) is 8.27. The zero-order valence-corrected chi connectivity index (χ0v) is 20.4. The monoisotopic (exact) mass is 511 g/mol. The number of rotatable bonds is 5. The van der Waals surface area contributed by atoms with E-state index in [9.17, 15) is 4.79 Å². The Hall–Kier alpha value is -3.56. The summed E-state index contributed by atoms with van der Waals surface area (Å²) < 4.78 is 6.16. The summed E-state index contributed by atoms with van der Waals surface area (Å²) in [5.41, 5.74) is 8.59. The van der Waals surface area contributed by atoms with Crippen LogP contribution in [-0.2, 0) is 0 Å². The van der Waals surface area contributed by atoms with E-state index in [1.807, 2.05) is 37.3 Å². The number of amides is 2. The lowest BCUT2D eigenvalue weighted by Crippen LogP contribution is -2.50. The average Bonchev–Trinajstić information content (AvgIpc) is 3.27. The quantitative estimate of drug-likeness (QED) is 0.402. The van der Waals surface area contributed by atoms with Crippen LogP contribution in [0.1, 0.15) is 18.6 Å². The number of nitrogens with zero attached hydrogens (tertiary/aromatic N) is 5. The van der Waals surface area contributed by atoms with Crippen LogP contribution in [0.25, 0.3) is 22.2 Å². The van der Waals surface area contributed by atoms with E-state index < -0.39 is 0 Å². The van der Waals surface area contributed by atoms with Crippen molar-refractivity contribution in [2.24, 2.45) is 5.73 Å². The summed E-state index contributed by atoms with van der Waals surface area (Å²) in [5, 5.41) is 9.39. The van der Waals surface area contributed by atoms with Crippen LogP contribution in [0, 0.1) is 0 Å². The number of anilines is 1. The van der Waals surface area contributed by atoms with E-state index in [2.05, 4.69) is 25.1 Å². The van der Waals surface area contributed by atoms with Crippen molar-refractivity contribution >= 4 is 46.0 Å². The van der Waals surface area contributed by atoms with Crippen molar-refractivity contribution in [1.29, 1.82) is 0 Å². The number of nitrogens with two attached hydrogens (primary N) is 1. The highest BCUT2D eigenvalue weighted by molar-refractivity contribution is 6.35. The number of ether oxygens (including phenoxy) is 1. The van der Waals surface area contributed by atoms with Crippen molar-refractivity contribution in [2.45, 2.75) is 13.0 Å². The summed E-state index contributed by atoms with van der Waals surface area (Å²) in [7, 11) is 0. The van der Waals surface area contributed by atoms with Gasteiger partial charge in [-0.05, 0) is 37.3 Å². The summed E-state index contributed by atoms with van der Waals surface area (Å²) in [4.78, 5) is 23.8. The Balaban J connectivity index is 1.36. The molecule has 1 atom stereocenters. The minimum Gasteiger partial charge on any atom is -0.486 e. The van der Waals surface area contributed by atoms with Gasteiger partial charge >= 0.3 is 6.03 Å². The van der Waals surface area contributed by atoms with Crippen LogP contribution >= 0.6 is 23.2 Å². The van der Waals surface area contributed by atoms with E-state index in [4.69, 9.17) is 33.7 Å². The number of pyridine rings is 2. The Kier molecular flexibility index (Phi) is 6.36. The summed E-state index contributed by atoms with van der Waals surface area (Å²) in [5.74, 6) is 1.51. The van der Waals surface area contributed by atoms with Gasteiger partial charge in [-0.25, -0.2) is 9.78 Å². The number of urea groups is 1. The third-order valence-electron chi connectivity index (χ3n) is 6.08. The third-order valence-corrected chi connectivity index (χ3v) is 6.68. The average molecular weight is 512 g/mol. The van der Waals surface area contributed by atoms with Crippen molar-refractivity contribution in [2.75, 3.05) is 31.1 Å². The van der Waals surface area contributed by atoms with Gasteiger partial charge in [0.2, 0.25) is 0 Å². The van der Waals surface area contributed by atoms with Crippen LogP contribution in [-0.4, -0.2) is 57.3 Å². The van der Waals surface area contributed by atoms with E-state index in [0.717, 1.165) is 28.0 Å². The number of hydrogen-bond acceptors (Lipinski definition) is 6. The molecule has 0 spiro atoms. The zero-order chi connectivity index (χ0) is 24.5. The van der Waals surface area contributed by atoms with Crippen LogP contribution in [0.15, 0.2) is 48.9 Å². The lowest BCUT2D eigenvalue weighted by Gasteiger charge is -2.34. The van der Waals surface area contributed by atoms with E-state index in [0.29, 0.717) is 47.5 Å². The molecule has 9 nitrogen and oxygen atoms in total. The van der Waals surface area contributed by atoms with Gasteiger partial charge in [0.25, 0.3) is 0 Å². The number of carbonyl (C=O) groups excluding carboxylic acids is 1. The van der Waals surface area contributed by atoms with E-state index >= 15 is 0 Å². The van der Waals surface area contributed by atoms with E-state index in [-0.39, 0.29) is 12.1 Å². The number of aromatic amines is 1. The van der Waals surface area contributed by atoms with Gasteiger partial charge in [-0.1, -0.05) is 23.2 Å². The minimum absolute atomic E-state index is 0.373. The van der Waals surface area contributed by atoms with E-state index in [1.54, 1.807) is 23.5 Å². The molecule has 0 radical (unpaired) electrons. The fourth-order valence-corrected chi connectivity index (χ4v) is 4.90. The Morgan fingerprint density at radius 1 is 1.09 bits per heavy atom. The molecule has 4 aromatic rings.